The van der Waals surface area contributed by atoms with Gasteiger partial charge in [-0.25, -0.2) is 9.79 Å². The molecule has 33 heavy (non-hydrogen) atoms. The molecule has 1 aromatic heterocycles. The van der Waals surface area contributed by atoms with Crippen molar-refractivity contribution in [3.05, 3.63) is 96.7 Å². The monoisotopic (exact) mass is 462 g/mol. The first-order chi connectivity index (χ1) is 15.9. The minimum atomic E-state index is -0.718. The van der Waals surface area contributed by atoms with E-state index < -0.39 is 18.0 Å². The minimum Gasteiger partial charge on any atom is -0.463 e. The van der Waals surface area contributed by atoms with Crippen LogP contribution < -0.4 is 19.6 Å². The predicted octanol–water partition coefficient (Wildman–Crippen LogP) is 2.72. The van der Waals surface area contributed by atoms with E-state index in [0.717, 1.165) is 5.56 Å². The van der Waals surface area contributed by atoms with Crippen LogP contribution in [0.4, 0.5) is 0 Å². The maximum absolute atomic E-state index is 13.5. The number of benzene rings is 2. The van der Waals surface area contributed by atoms with Crippen molar-refractivity contribution in [3.8, 4) is 5.75 Å². The fraction of sp³-hybridized carbons (Fsp3) is 0.200. The van der Waals surface area contributed by atoms with Crippen molar-refractivity contribution in [2.75, 3.05) is 6.61 Å². The van der Waals surface area contributed by atoms with E-state index in [1.807, 2.05) is 36.4 Å². The summed E-state index contributed by atoms with van der Waals surface area (Å²) in [6.07, 6.45) is 1.81. The standard InChI is InChI=1S/C25H22N2O5S/c1-4-31-24(30)21-15(2)26-25-27(22(21)18-10-12-19(13-11-18)32-16(3)28)23(29)20(33-25)14-17-8-6-5-7-9-17/h5-14,22H,4H2,1-3H3/b20-14-/t22-/m0/s1. The Kier molecular flexibility index (Phi) is 6.37. The number of rotatable bonds is 5. The smallest absolute Gasteiger partial charge is 0.338 e. The van der Waals surface area contributed by atoms with Crippen molar-refractivity contribution in [1.82, 2.24) is 4.57 Å². The number of hydrogen-bond donors (Lipinski definition) is 0. The van der Waals surface area contributed by atoms with Gasteiger partial charge in [-0.3, -0.25) is 14.2 Å². The fourth-order valence-electron chi connectivity index (χ4n) is 3.69. The van der Waals surface area contributed by atoms with Crippen molar-refractivity contribution in [1.29, 1.82) is 0 Å². The van der Waals surface area contributed by atoms with Gasteiger partial charge >= 0.3 is 11.9 Å². The second-order valence-corrected chi connectivity index (χ2v) is 8.38. The largest absolute Gasteiger partial charge is 0.463 e. The van der Waals surface area contributed by atoms with E-state index >= 15 is 0 Å². The Balaban J connectivity index is 1.90. The zero-order chi connectivity index (χ0) is 23.5. The molecule has 1 aliphatic heterocycles. The molecule has 8 heteroatoms. The number of thiazole rings is 1. The molecule has 0 aliphatic carbocycles. The van der Waals surface area contributed by atoms with Gasteiger partial charge in [0.2, 0.25) is 0 Å². The number of allylic oxidation sites excluding steroid dienone is 1. The van der Waals surface area contributed by atoms with E-state index in [0.29, 0.717) is 31.9 Å². The Morgan fingerprint density at radius 1 is 1.12 bits per heavy atom. The number of ether oxygens (including phenoxy) is 2. The molecular weight excluding hydrogens is 440 g/mol. The van der Waals surface area contributed by atoms with Crippen LogP contribution in [-0.2, 0) is 14.3 Å². The minimum absolute atomic E-state index is 0.201. The Bertz CT molecular complexity index is 1420. The topological polar surface area (TPSA) is 87.0 Å². The van der Waals surface area contributed by atoms with Crippen LogP contribution in [0.3, 0.4) is 0 Å². The third kappa shape index (κ3) is 4.56. The first-order valence-corrected chi connectivity index (χ1v) is 11.2. The molecule has 1 atom stereocenters. The number of esters is 2. The lowest BCUT2D eigenvalue weighted by atomic mass is 9.96. The maximum Gasteiger partial charge on any atom is 0.338 e. The summed E-state index contributed by atoms with van der Waals surface area (Å²) in [7, 11) is 0. The van der Waals surface area contributed by atoms with Crippen LogP contribution in [0.15, 0.2) is 75.7 Å². The zero-order valence-electron chi connectivity index (χ0n) is 18.4. The third-order valence-electron chi connectivity index (χ3n) is 5.07. The van der Waals surface area contributed by atoms with Crippen molar-refractivity contribution in [3.63, 3.8) is 0 Å². The van der Waals surface area contributed by atoms with Gasteiger partial charge in [0.15, 0.2) is 4.80 Å². The summed E-state index contributed by atoms with van der Waals surface area (Å²) in [5, 5.41) is 0. The third-order valence-corrected chi connectivity index (χ3v) is 6.05. The molecule has 0 spiro atoms. The molecule has 2 aromatic carbocycles. The molecule has 0 radical (unpaired) electrons. The van der Waals surface area contributed by atoms with Crippen LogP contribution in [0.25, 0.3) is 6.08 Å². The molecule has 168 valence electrons. The molecule has 4 rings (SSSR count). The molecule has 0 N–H and O–H groups in total. The number of nitrogens with zero attached hydrogens (tertiary/aromatic N) is 2. The number of hydrogen-bond acceptors (Lipinski definition) is 7. The number of aromatic nitrogens is 1. The van der Waals surface area contributed by atoms with Crippen LogP contribution >= 0.6 is 11.3 Å². The first-order valence-electron chi connectivity index (χ1n) is 10.4. The van der Waals surface area contributed by atoms with Gasteiger partial charge in [-0.05, 0) is 43.2 Å². The highest BCUT2D eigenvalue weighted by atomic mass is 32.1. The summed E-state index contributed by atoms with van der Waals surface area (Å²) in [4.78, 5) is 42.7. The van der Waals surface area contributed by atoms with Gasteiger partial charge in [-0.2, -0.15) is 0 Å². The lowest BCUT2D eigenvalue weighted by molar-refractivity contribution is -0.139. The predicted molar refractivity (Wildman–Crippen MR) is 125 cm³/mol. The highest BCUT2D eigenvalue weighted by Crippen LogP contribution is 2.31. The van der Waals surface area contributed by atoms with E-state index in [2.05, 4.69) is 4.99 Å². The molecule has 0 saturated carbocycles. The van der Waals surface area contributed by atoms with Crippen molar-refractivity contribution in [2.45, 2.75) is 26.8 Å². The van der Waals surface area contributed by atoms with Gasteiger partial charge in [0.25, 0.3) is 5.56 Å². The molecular formula is C25H22N2O5S. The Morgan fingerprint density at radius 2 is 1.82 bits per heavy atom. The molecule has 0 unspecified atom stereocenters. The molecule has 0 saturated heterocycles. The van der Waals surface area contributed by atoms with Crippen LogP contribution in [0.2, 0.25) is 0 Å². The molecule has 0 fully saturated rings. The maximum atomic E-state index is 13.5. The van der Waals surface area contributed by atoms with Crippen molar-refractivity contribution < 1.29 is 19.1 Å². The van der Waals surface area contributed by atoms with Crippen LogP contribution in [0.5, 0.6) is 5.75 Å². The van der Waals surface area contributed by atoms with Gasteiger partial charge in [-0.1, -0.05) is 53.8 Å². The molecule has 7 nitrogen and oxygen atoms in total. The van der Waals surface area contributed by atoms with Gasteiger partial charge < -0.3 is 9.47 Å². The molecule has 3 aromatic rings. The quantitative estimate of drug-likeness (QED) is 0.430. The summed E-state index contributed by atoms with van der Waals surface area (Å²) in [5.74, 6) is -0.578. The Morgan fingerprint density at radius 3 is 2.45 bits per heavy atom. The molecule has 0 amide bonds. The molecule has 2 heterocycles. The normalized spacial score (nSPS) is 15.6. The van der Waals surface area contributed by atoms with Gasteiger partial charge in [0, 0.05) is 6.92 Å². The Labute approximate surface area is 193 Å². The number of fused-ring (bicyclic) bond motifs is 1. The van der Waals surface area contributed by atoms with Crippen molar-refractivity contribution >= 4 is 29.4 Å². The highest BCUT2D eigenvalue weighted by molar-refractivity contribution is 7.07. The average molecular weight is 463 g/mol. The van der Waals surface area contributed by atoms with Crippen LogP contribution in [0.1, 0.15) is 37.9 Å². The second-order valence-electron chi connectivity index (χ2n) is 7.38. The van der Waals surface area contributed by atoms with Gasteiger partial charge in [0.1, 0.15) is 5.75 Å². The Hall–Kier alpha value is -3.78. The number of carbonyl (C=O) groups is 2. The van der Waals surface area contributed by atoms with Crippen LogP contribution in [0, 0.1) is 0 Å². The fourth-order valence-corrected chi connectivity index (χ4v) is 4.74. The van der Waals surface area contributed by atoms with E-state index in [-0.39, 0.29) is 12.2 Å². The van der Waals surface area contributed by atoms with Crippen LogP contribution in [-0.4, -0.2) is 23.1 Å². The van der Waals surface area contributed by atoms with Gasteiger partial charge in [0.05, 0.1) is 28.5 Å². The van der Waals surface area contributed by atoms with E-state index in [1.165, 1.54) is 22.8 Å². The highest BCUT2D eigenvalue weighted by Gasteiger charge is 2.33. The lowest BCUT2D eigenvalue weighted by Crippen LogP contribution is -2.39. The zero-order valence-corrected chi connectivity index (χ0v) is 19.2. The lowest BCUT2D eigenvalue weighted by Gasteiger charge is -2.24. The number of carbonyl (C=O) groups excluding carboxylic acids is 2. The SMILES string of the molecule is CCOC(=O)C1=C(C)N=c2s/c(=C\c3ccccc3)c(=O)n2[C@H]1c1ccc(OC(C)=O)cc1. The second kappa shape index (κ2) is 9.38. The summed E-state index contributed by atoms with van der Waals surface area (Å²) < 4.78 is 12.5. The van der Waals surface area contributed by atoms with E-state index in [1.54, 1.807) is 38.1 Å². The molecule has 0 bridgehead atoms. The van der Waals surface area contributed by atoms with Gasteiger partial charge in [-0.15, -0.1) is 0 Å². The molecule has 1 aliphatic rings. The summed E-state index contributed by atoms with van der Waals surface area (Å²) in [6, 6.07) is 15.6. The van der Waals surface area contributed by atoms with E-state index in [4.69, 9.17) is 9.47 Å². The van der Waals surface area contributed by atoms with E-state index in [9.17, 15) is 14.4 Å². The van der Waals surface area contributed by atoms with Crippen molar-refractivity contribution in [2.24, 2.45) is 4.99 Å². The summed E-state index contributed by atoms with van der Waals surface area (Å²) in [5.41, 5.74) is 2.12. The summed E-state index contributed by atoms with van der Waals surface area (Å²) >= 11 is 1.27. The average Bonchev–Trinajstić information content (AvgIpc) is 3.08. The first kappa shape index (κ1) is 22.4. The summed E-state index contributed by atoms with van der Waals surface area (Å²) in [6.45, 7) is 4.99.